The van der Waals surface area contributed by atoms with Crippen LogP contribution in [0.4, 0.5) is 5.69 Å². The number of carbonyl (C=O) groups is 5. The summed E-state index contributed by atoms with van der Waals surface area (Å²) in [6.07, 6.45) is 2.07. The zero-order valence-corrected chi connectivity index (χ0v) is 31.9. The van der Waals surface area contributed by atoms with Crippen molar-refractivity contribution in [3.63, 3.8) is 0 Å². The monoisotopic (exact) mass is 776 g/mol. The van der Waals surface area contributed by atoms with Crippen molar-refractivity contribution in [2.24, 2.45) is 17.6 Å². The molecule has 0 saturated carbocycles. The quantitative estimate of drug-likeness (QED) is 0.0624. The van der Waals surface area contributed by atoms with E-state index in [0.29, 0.717) is 28.6 Å². The van der Waals surface area contributed by atoms with Gasteiger partial charge >= 0.3 is 0 Å². The lowest BCUT2D eigenvalue weighted by atomic mass is 9.96. The number of anilines is 1. The number of nitrogens with one attached hydrogen (secondary N) is 6. The minimum atomic E-state index is -4.45. The number of amides is 4. The fourth-order valence-corrected chi connectivity index (χ4v) is 5.86. The van der Waals surface area contributed by atoms with Gasteiger partial charge in [-0.3, -0.25) is 28.5 Å². The van der Waals surface area contributed by atoms with Gasteiger partial charge < -0.3 is 47.5 Å². The molecule has 0 radical (unpaired) electrons. The fraction of sp³-hybridized carbons (Fsp3) is 0.486. The lowest BCUT2D eigenvalue weighted by Crippen LogP contribution is -2.61. The van der Waals surface area contributed by atoms with Crippen LogP contribution in [0.25, 0.3) is 10.8 Å². The molecule has 54 heavy (non-hydrogen) atoms. The topological polar surface area (TPSA) is 295 Å². The summed E-state index contributed by atoms with van der Waals surface area (Å²) < 4.78 is 33.2. The summed E-state index contributed by atoms with van der Waals surface area (Å²) >= 11 is 0. The maximum absolute atomic E-state index is 13.6. The van der Waals surface area contributed by atoms with Crippen molar-refractivity contribution in [2.45, 2.75) is 89.6 Å². The lowest BCUT2D eigenvalue weighted by Gasteiger charge is -2.29. The second kappa shape index (κ2) is 21.0. The Morgan fingerprint density at radius 3 is 2.04 bits per heavy atom. The molecule has 19 heteroatoms. The molecule has 0 aliphatic rings. The van der Waals surface area contributed by atoms with Crippen LogP contribution in [0.1, 0.15) is 53.7 Å². The Bertz CT molecular complexity index is 1830. The normalized spacial score (nSPS) is 14.6. The summed E-state index contributed by atoms with van der Waals surface area (Å²) in [6.45, 7) is 9.87. The number of nitrogens with two attached hydrogens (primary N) is 1. The van der Waals surface area contributed by atoms with E-state index in [2.05, 4.69) is 36.6 Å². The Morgan fingerprint density at radius 2 is 1.48 bits per heavy atom. The van der Waals surface area contributed by atoms with Gasteiger partial charge in [-0.15, -0.1) is 0 Å². The summed E-state index contributed by atoms with van der Waals surface area (Å²) in [6, 6.07) is 4.90. The number of imidazole rings is 1. The minimum absolute atomic E-state index is 0.0351. The molecule has 2 aromatic carbocycles. The summed E-state index contributed by atoms with van der Waals surface area (Å²) in [5.74, 6) is -3.89. The number of carboxylic acid groups (broad SMARTS) is 1. The van der Waals surface area contributed by atoms with Gasteiger partial charge in [0.25, 0.3) is 16.1 Å². The van der Waals surface area contributed by atoms with Crippen molar-refractivity contribution in [1.82, 2.24) is 31.2 Å². The van der Waals surface area contributed by atoms with Gasteiger partial charge in [0.1, 0.15) is 23.0 Å². The summed E-state index contributed by atoms with van der Waals surface area (Å²) in [5, 5.41) is 32.4. The Morgan fingerprint density at radius 1 is 0.870 bits per heavy atom. The van der Waals surface area contributed by atoms with Crippen LogP contribution in [0.15, 0.2) is 53.8 Å². The number of aromatic amines is 1. The second-order valence-corrected chi connectivity index (χ2v) is 14.5. The molecule has 0 saturated heterocycles. The lowest BCUT2D eigenvalue weighted by molar-refractivity contribution is -0.135. The number of carbonyl (C=O) groups excluding carboxylic acids is 4. The second-order valence-electron chi connectivity index (χ2n) is 13.1. The third kappa shape index (κ3) is 13.7. The Labute approximate surface area is 314 Å². The van der Waals surface area contributed by atoms with Crippen molar-refractivity contribution in [3.05, 3.63) is 54.6 Å². The van der Waals surface area contributed by atoms with Crippen LogP contribution in [0.5, 0.6) is 0 Å². The smallest absolute Gasteiger partial charge is 0.300 e. The third-order valence-electron chi connectivity index (χ3n) is 8.39. The Balaban J connectivity index is 0.00000239. The highest BCUT2D eigenvalue weighted by Crippen LogP contribution is 2.28. The fourth-order valence-electron chi connectivity index (χ4n) is 5.15. The zero-order chi connectivity index (χ0) is 40.7. The van der Waals surface area contributed by atoms with Gasteiger partial charge in [-0.2, -0.15) is 8.42 Å². The number of fused-ring (bicyclic) bond motifs is 1. The van der Waals surface area contributed by atoms with Crippen LogP contribution < -0.4 is 32.3 Å². The van der Waals surface area contributed by atoms with Gasteiger partial charge in [-0.1, -0.05) is 58.4 Å². The zero-order valence-electron chi connectivity index (χ0n) is 31.1. The van der Waals surface area contributed by atoms with E-state index >= 15 is 0 Å². The standard InChI is InChI=1S/C33H48N8O8S.C2H4O2/c1-6-19(4)28(40-31(44)27(34)18(2)3)33(46)39-25(15-21-16-35-17-38-21)30(43)41-29(20(5)42)32(45)37-14-13-36-24-11-7-10-23-22(24)9-8-12-26(23)50(47,48)49;1-2(3)4/h7-12,16-20,25,27-29,36,42H,6,13-15,34H2,1-5H3,(H,35,38)(H,37,45)(H,39,46)(H,40,44)(H,41,43)(H,47,48,49);1H3,(H,3,4)/t19-,20+,25-,27-,28-,29-;/m0./s1. The first kappa shape index (κ1) is 45.0. The number of hydrogen-bond donors (Lipinski definition) is 10. The van der Waals surface area contributed by atoms with Crippen LogP contribution in [0.3, 0.4) is 0 Å². The van der Waals surface area contributed by atoms with Gasteiger partial charge in [0.2, 0.25) is 23.6 Å². The summed E-state index contributed by atoms with van der Waals surface area (Å²) in [4.78, 5) is 68.7. The highest BCUT2D eigenvalue weighted by Gasteiger charge is 2.34. The number of aromatic nitrogens is 2. The third-order valence-corrected chi connectivity index (χ3v) is 9.30. The van der Waals surface area contributed by atoms with Gasteiger partial charge in [-0.05, 0) is 30.9 Å². The van der Waals surface area contributed by atoms with Crippen molar-refractivity contribution in [1.29, 1.82) is 0 Å². The number of rotatable bonds is 18. The number of carboxylic acids is 1. The molecule has 4 amide bonds. The van der Waals surface area contributed by atoms with Crippen molar-refractivity contribution < 1.29 is 47.2 Å². The van der Waals surface area contributed by atoms with Gasteiger partial charge in [0.05, 0.1) is 18.5 Å². The van der Waals surface area contributed by atoms with Gasteiger partial charge in [0.15, 0.2) is 0 Å². The van der Waals surface area contributed by atoms with E-state index in [1.165, 1.54) is 31.6 Å². The molecule has 11 N–H and O–H groups in total. The molecule has 0 aliphatic heterocycles. The van der Waals surface area contributed by atoms with Crippen molar-refractivity contribution in [3.8, 4) is 0 Å². The number of H-pyrrole nitrogens is 1. The Hall–Kier alpha value is -5.11. The molecule has 1 aromatic heterocycles. The van der Waals surface area contributed by atoms with E-state index in [4.69, 9.17) is 15.6 Å². The van der Waals surface area contributed by atoms with E-state index < -0.39 is 70.0 Å². The SMILES string of the molecule is CC(=O)O.CC[C@H](C)[C@H](NC(=O)[C@@H](N)C(C)C)C(=O)N[C@@H](Cc1cnc[nH]1)C(=O)N[C@H](C(=O)NCCNc1cccc2c(S(=O)(=O)O)cccc12)[C@@H](C)O. The van der Waals surface area contributed by atoms with Crippen LogP contribution in [0, 0.1) is 11.8 Å². The maximum atomic E-state index is 13.6. The average Bonchev–Trinajstić information content (AvgIpc) is 3.62. The molecule has 0 fully saturated rings. The molecule has 6 atom stereocenters. The highest BCUT2D eigenvalue weighted by atomic mass is 32.2. The van der Waals surface area contributed by atoms with Gasteiger partial charge in [-0.25, -0.2) is 4.98 Å². The molecular weight excluding hydrogens is 724 g/mol. The molecule has 298 valence electrons. The van der Waals surface area contributed by atoms with Crippen LogP contribution >= 0.6 is 0 Å². The first-order valence-electron chi connectivity index (χ1n) is 17.3. The van der Waals surface area contributed by atoms with Crippen LogP contribution in [0.2, 0.25) is 0 Å². The number of aliphatic hydroxyl groups is 1. The first-order valence-corrected chi connectivity index (χ1v) is 18.7. The average molecular weight is 777 g/mol. The molecule has 18 nitrogen and oxygen atoms in total. The molecular formula is C35H52N8O10S. The number of aliphatic carboxylic acids is 1. The first-order chi connectivity index (χ1) is 25.3. The number of hydrogen-bond acceptors (Lipinski definition) is 11. The van der Waals surface area contributed by atoms with E-state index in [9.17, 15) is 37.3 Å². The minimum Gasteiger partial charge on any atom is -0.481 e. The van der Waals surface area contributed by atoms with Crippen LogP contribution in [-0.2, 0) is 40.5 Å². The van der Waals surface area contributed by atoms with Gasteiger partial charge in [0, 0.05) is 54.8 Å². The number of benzene rings is 2. The predicted octanol–water partition coefficient (Wildman–Crippen LogP) is 0.536. The van der Waals surface area contributed by atoms with E-state index in [1.807, 2.05) is 6.92 Å². The van der Waals surface area contributed by atoms with Crippen molar-refractivity contribution in [2.75, 3.05) is 18.4 Å². The molecule has 0 bridgehead atoms. The number of aliphatic hydroxyl groups excluding tert-OH is 1. The predicted molar refractivity (Wildman–Crippen MR) is 201 cm³/mol. The molecule has 3 rings (SSSR count). The molecule has 3 aromatic rings. The molecule has 0 aliphatic carbocycles. The number of nitrogens with zero attached hydrogens (tertiary/aromatic N) is 1. The summed E-state index contributed by atoms with van der Waals surface area (Å²) in [5.41, 5.74) is 7.07. The highest BCUT2D eigenvalue weighted by molar-refractivity contribution is 7.86. The Kier molecular flexibility index (Phi) is 17.5. The molecule has 0 unspecified atom stereocenters. The molecule has 0 spiro atoms. The van der Waals surface area contributed by atoms with E-state index in [-0.39, 0.29) is 36.2 Å². The van der Waals surface area contributed by atoms with Crippen LogP contribution in [-0.4, -0.2) is 106 Å². The largest absolute Gasteiger partial charge is 0.481 e. The van der Waals surface area contributed by atoms with Crippen molar-refractivity contribution >= 4 is 56.2 Å². The maximum Gasteiger partial charge on any atom is 0.300 e. The van der Waals surface area contributed by atoms with E-state index in [0.717, 1.165) is 6.92 Å². The summed E-state index contributed by atoms with van der Waals surface area (Å²) in [7, 11) is -4.45. The van der Waals surface area contributed by atoms with E-state index in [1.54, 1.807) is 45.0 Å². The molecule has 1 heterocycles.